The zero-order chi connectivity index (χ0) is 22.0. The van der Waals surface area contributed by atoms with Gasteiger partial charge in [0, 0.05) is 42.2 Å². The summed E-state index contributed by atoms with van der Waals surface area (Å²) in [6.45, 7) is 11.5. The van der Waals surface area contributed by atoms with E-state index in [4.69, 9.17) is 6.57 Å². The summed E-state index contributed by atoms with van der Waals surface area (Å²) in [4.78, 5) is 31.8. The van der Waals surface area contributed by atoms with Crippen LogP contribution in [0.15, 0.2) is 48.9 Å². The van der Waals surface area contributed by atoms with E-state index in [0.717, 1.165) is 27.7 Å². The van der Waals surface area contributed by atoms with Gasteiger partial charge < -0.3 is 15.6 Å². The van der Waals surface area contributed by atoms with Crippen molar-refractivity contribution in [2.24, 2.45) is 0 Å². The molecule has 0 aliphatic heterocycles. The first kappa shape index (κ1) is 20.0. The number of hydrogen-bond acceptors (Lipinski definition) is 5. The topological polar surface area (TPSA) is 100.0 Å². The highest BCUT2D eigenvalue weighted by molar-refractivity contribution is 5.96. The van der Waals surface area contributed by atoms with Gasteiger partial charge in [0.05, 0.1) is 18.3 Å². The molecule has 4 rings (SSSR count). The number of benzene rings is 1. The van der Waals surface area contributed by atoms with Crippen LogP contribution in [0, 0.1) is 13.5 Å². The van der Waals surface area contributed by atoms with Gasteiger partial charge in [-0.1, -0.05) is 12.1 Å². The molecule has 0 aliphatic rings. The Labute approximate surface area is 179 Å². The Bertz CT molecular complexity index is 1300. The molecule has 3 aromatic heterocycles. The van der Waals surface area contributed by atoms with E-state index in [1.54, 1.807) is 25.4 Å². The molecule has 3 N–H and O–H groups in total. The highest BCUT2D eigenvalue weighted by atomic mass is 16.1. The smallest absolute Gasteiger partial charge is 0.251 e. The number of nitrogens with one attached hydrogen (secondary N) is 3. The molecule has 31 heavy (non-hydrogen) atoms. The van der Waals surface area contributed by atoms with Crippen LogP contribution in [-0.2, 0) is 0 Å². The zero-order valence-corrected chi connectivity index (χ0v) is 17.4. The number of rotatable bonds is 5. The van der Waals surface area contributed by atoms with Gasteiger partial charge in [-0.2, -0.15) is 0 Å². The lowest BCUT2D eigenvalue weighted by Crippen LogP contribution is -2.17. The highest BCUT2D eigenvalue weighted by Gasteiger charge is 2.16. The fraction of sp³-hybridized carbons (Fsp3) is 0.174. The molecular formula is C23H21N7O. The molecule has 0 radical (unpaired) electrons. The van der Waals surface area contributed by atoms with Gasteiger partial charge in [0.15, 0.2) is 0 Å². The summed E-state index contributed by atoms with van der Waals surface area (Å²) in [7, 11) is 1.60. The summed E-state index contributed by atoms with van der Waals surface area (Å²) in [5.41, 5.74) is 5.09. The average Bonchev–Trinajstić information content (AvgIpc) is 3.21. The zero-order valence-electron chi connectivity index (χ0n) is 17.4. The Kier molecular flexibility index (Phi) is 5.33. The number of aryl methyl sites for hydroxylation is 1. The Morgan fingerprint density at radius 2 is 1.97 bits per heavy atom. The molecule has 0 spiro atoms. The summed E-state index contributed by atoms with van der Waals surface area (Å²) in [6, 6.07) is 9.27. The van der Waals surface area contributed by atoms with Crippen molar-refractivity contribution in [2.75, 3.05) is 12.4 Å². The van der Waals surface area contributed by atoms with E-state index in [-0.39, 0.29) is 11.9 Å². The van der Waals surface area contributed by atoms with Crippen molar-refractivity contribution < 1.29 is 4.79 Å². The van der Waals surface area contributed by atoms with E-state index in [1.807, 2.05) is 38.2 Å². The van der Waals surface area contributed by atoms with Crippen molar-refractivity contribution in [3.8, 4) is 11.3 Å². The fourth-order valence-corrected chi connectivity index (χ4v) is 3.37. The minimum Gasteiger partial charge on any atom is -0.355 e. The molecule has 0 saturated carbocycles. The largest absolute Gasteiger partial charge is 0.355 e. The van der Waals surface area contributed by atoms with Crippen LogP contribution in [0.1, 0.15) is 34.5 Å². The van der Waals surface area contributed by atoms with Crippen LogP contribution in [0.25, 0.3) is 27.1 Å². The number of aromatic nitrogens is 4. The monoisotopic (exact) mass is 411 g/mol. The Hall–Kier alpha value is -4.25. The van der Waals surface area contributed by atoms with Gasteiger partial charge in [-0.3, -0.25) is 4.79 Å². The maximum atomic E-state index is 11.7. The number of hydrogen-bond donors (Lipinski definition) is 3. The molecule has 1 amide bonds. The van der Waals surface area contributed by atoms with Crippen LogP contribution in [0.3, 0.4) is 0 Å². The molecule has 0 saturated heterocycles. The molecule has 8 heteroatoms. The second kappa shape index (κ2) is 8.24. The third-order valence-corrected chi connectivity index (χ3v) is 5.06. The minimum atomic E-state index is -0.127. The van der Waals surface area contributed by atoms with Crippen LogP contribution in [-0.4, -0.2) is 32.9 Å². The van der Waals surface area contributed by atoms with Crippen LogP contribution in [0.4, 0.5) is 11.6 Å². The highest BCUT2D eigenvalue weighted by Crippen LogP contribution is 2.34. The van der Waals surface area contributed by atoms with Gasteiger partial charge in [-0.05, 0) is 43.2 Å². The van der Waals surface area contributed by atoms with E-state index in [9.17, 15) is 4.79 Å². The van der Waals surface area contributed by atoms with Gasteiger partial charge in [0.2, 0.25) is 11.6 Å². The number of aromatic amines is 1. The van der Waals surface area contributed by atoms with Crippen molar-refractivity contribution in [3.05, 3.63) is 77.0 Å². The summed E-state index contributed by atoms with van der Waals surface area (Å²) in [5, 5.41) is 6.80. The lowest BCUT2D eigenvalue weighted by Gasteiger charge is -2.15. The van der Waals surface area contributed by atoms with Crippen molar-refractivity contribution in [1.29, 1.82) is 0 Å². The number of nitrogens with zero attached hydrogens (tertiary/aromatic N) is 4. The number of amides is 1. The SMILES string of the molecule is [C-]#[N+]c1cnc(N[C@@H](C)c2ccc(C(=O)NC)cc2)nc1-c1c[nH]c2ncc(C)cc12. The first-order valence-corrected chi connectivity index (χ1v) is 9.77. The van der Waals surface area contributed by atoms with Crippen LogP contribution in [0.2, 0.25) is 0 Å². The van der Waals surface area contributed by atoms with Gasteiger partial charge in [-0.15, -0.1) is 0 Å². The molecule has 0 aliphatic carbocycles. The van der Waals surface area contributed by atoms with Gasteiger partial charge in [0.25, 0.3) is 5.91 Å². The first-order valence-electron chi connectivity index (χ1n) is 9.77. The maximum Gasteiger partial charge on any atom is 0.251 e. The van der Waals surface area contributed by atoms with Gasteiger partial charge in [0.1, 0.15) is 5.65 Å². The Balaban J connectivity index is 1.65. The number of carbonyl (C=O) groups is 1. The van der Waals surface area contributed by atoms with Crippen LogP contribution >= 0.6 is 0 Å². The molecule has 1 aromatic carbocycles. The van der Waals surface area contributed by atoms with Crippen molar-refractivity contribution >= 4 is 28.6 Å². The van der Waals surface area contributed by atoms with Crippen molar-refractivity contribution in [3.63, 3.8) is 0 Å². The molecule has 4 aromatic rings. The molecule has 0 fully saturated rings. The molecule has 1 atom stereocenters. The third-order valence-electron chi connectivity index (χ3n) is 5.06. The molecule has 154 valence electrons. The molecule has 3 heterocycles. The number of anilines is 1. The number of fused-ring (bicyclic) bond motifs is 1. The van der Waals surface area contributed by atoms with Gasteiger partial charge >= 0.3 is 0 Å². The van der Waals surface area contributed by atoms with Crippen molar-refractivity contribution in [1.82, 2.24) is 25.3 Å². The lowest BCUT2D eigenvalue weighted by molar-refractivity contribution is 0.0963. The van der Waals surface area contributed by atoms with E-state index < -0.39 is 0 Å². The third kappa shape index (κ3) is 3.94. The molecule has 0 unspecified atom stereocenters. The predicted molar refractivity (Wildman–Crippen MR) is 120 cm³/mol. The van der Waals surface area contributed by atoms with E-state index in [0.29, 0.717) is 22.9 Å². The normalized spacial score (nSPS) is 11.7. The minimum absolute atomic E-state index is 0.0998. The molecular weight excluding hydrogens is 390 g/mol. The summed E-state index contributed by atoms with van der Waals surface area (Å²) < 4.78 is 0. The first-order chi connectivity index (χ1) is 15.0. The average molecular weight is 411 g/mol. The number of carbonyl (C=O) groups excluding carboxylic acids is 1. The quantitative estimate of drug-likeness (QED) is 0.422. The lowest BCUT2D eigenvalue weighted by atomic mass is 10.1. The fourth-order valence-electron chi connectivity index (χ4n) is 3.37. The number of pyridine rings is 1. The second-order valence-electron chi connectivity index (χ2n) is 7.22. The standard InChI is InChI=1S/C23H21N7O/c1-13-9-17-18(11-27-21(17)26-10-13)20-19(24-3)12-28-23(30-20)29-14(2)15-5-7-16(8-6-15)22(31)25-4/h5-12,14H,1-2,4H3,(H,25,31)(H,26,27)(H,28,29,30)/t14-/m0/s1. The molecule has 0 bridgehead atoms. The van der Waals surface area contributed by atoms with Crippen LogP contribution in [0.5, 0.6) is 0 Å². The van der Waals surface area contributed by atoms with E-state index in [2.05, 4.69) is 35.4 Å². The Morgan fingerprint density at radius 3 is 2.68 bits per heavy atom. The van der Waals surface area contributed by atoms with Crippen LogP contribution < -0.4 is 10.6 Å². The summed E-state index contributed by atoms with van der Waals surface area (Å²) >= 11 is 0. The number of H-pyrrole nitrogens is 1. The summed E-state index contributed by atoms with van der Waals surface area (Å²) in [6.07, 6.45) is 5.14. The second-order valence-corrected chi connectivity index (χ2v) is 7.22. The predicted octanol–water partition coefficient (Wildman–Crippen LogP) is 4.41. The Morgan fingerprint density at radius 1 is 1.19 bits per heavy atom. The maximum absolute atomic E-state index is 11.7. The van der Waals surface area contributed by atoms with Crippen molar-refractivity contribution in [2.45, 2.75) is 19.9 Å². The van der Waals surface area contributed by atoms with Gasteiger partial charge in [-0.25, -0.2) is 19.8 Å². The van der Waals surface area contributed by atoms with E-state index in [1.165, 1.54) is 6.20 Å². The summed E-state index contributed by atoms with van der Waals surface area (Å²) in [5.74, 6) is 0.290. The van der Waals surface area contributed by atoms with E-state index >= 15 is 0 Å². The molecule has 8 nitrogen and oxygen atoms in total.